The Hall–Kier alpha value is -1.80. The van der Waals surface area contributed by atoms with Gasteiger partial charge in [0, 0.05) is 10.2 Å². The van der Waals surface area contributed by atoms with Crippen LogP contribution in [-0.2, 0) is 4.79 Å². The van der Waals surface area contributed by atoms with Crippen molar-refractivity contribution >= 4 is 33.5 Å². The highest BCUT2D eigenvalue weighted by molar-refractivity contribution is 9.10. The van der Waals surface area contributed by atoms with Gasteiger partial charge in [-0.25, -0.2) is 4.79 Å². The summed E-state index contributed by atoms with van der Waals surface area (Å²) in [6.07, 6.45) is 0. The molecule has 0 saturated heterocycles. The molecule has 0 radical (unpaired) electrons. The molecule has 1 rings (SSSR count). The van der Waals surface area contributed by atoms with Gasteiger partial charge in [-0.2, -0.15) is 0 Å². The van der Waals surface area contributed by atoms with Crippen LogP contribution < -0.4 is 5.32 Å². The number of hydrogen-bond acceptors (Lipinski definition) is 2. The Morgan fingerprint density at radius 1 is 1.38 bits per heavy atom. The van der Waals surface area contributed by atoms with Crippen molar-refractivity contribution in [1.82, 2.24) is 0 Å². The molecule has 0 spiro atoms. The molecule has 16 heavy (non-hydrogen) atoms. The van der Waals surface area contributed by atoms with E-state index in [1.165, 1.54) is 12.1 Å². The van der Waals surface area contributed by atoms with E-state index in [0.29, 0.717) is 10.2 Å². The van der Waals surface area contributed by atoms with Crippen molar-refractivity contribution in [3.05, 3.63) is 28.2 Å². The highest BCUT2D eigenvalue weighted by Crippen LogP contribution is 2.19. The Labute approximate surface area is 101 Å². The van der Waals surface area contributed by atoms with Gasteiger partial charge >= 0.3 is 5.97 Å². The van der Waals surface area contributed by atoms with Gasteiger partial charge in [0.25, 0.3) is 5.91 Å². The summed E-state index contributed by atoms with van der Waals surface area (Å²) in [7, 11) is 0. The lowest BCUT2D eigenvalue weighted by atomic mass is 10.2. The van der Waals surface area contributed by atoms with Crippen LogP contribution in [0.3, 0.4) is 0 Å². The van der Waals surface area contributed by atoms with Gasteiger partial charge in [-0.1, -0.05) is 21.9 Å². The van der Waals surface area contributed by atoms with Crippen LogP contribution in [0.2, 0.25) is 0 Å². The number of hydrogen-bond donors (Lipinski definition) is 2. The second kappa shape index (κ2) is 5.33. The zero-order valence-electron chi connectivity index (χ0n) is 8.37. The Morgan fingerprint density at radius 2 is 2.06 bits per heavy atom. The highest BCUT2D eigenvalue weighted by atomic mass is 79.9. The van der Waals surface area contributed by atoms with Crippen molar-refractivity contribution in [2.24, 2.45) is 0 Å². The number of benzene rings is 1. The molecule has 0 aliphatic rings. The number of nitrogens with one attached hydrogen (secondary N) is 1. The van der Waals surface area contributed by atoms with E-state index in [1.54, 1.807) is 13.0 Å². The summed E-state index contributed by atoms with van der Waals surface area (Å²) in [6, 6.07) is 4.41. The van der Waals surface area contributed by atoms with Crippen molar-refractivity contribution in [3.8, 4) is 11.8 Å². The van der Waals surface area contributed by atoms with Crippen molar-refractivity contribution in [2.45, 2.75) is 6.92 Å². The lowest BCUT2D eigenvalue weighted by Gasteiger charge is -2.03. The van der Waals surface area contributed by atoms with Crippen molar-refractivity contribution in [3.63, 3.8) is 0 Å². The van der Waals surface area contributed by atoms with E-state index < -0.39 is 11.9 Å². The van der Waals surface area contributed by atoms with E-state index >= 15 is 0 Å². The molecule has 1 aromatic carbocycles. The molecule has 0 fully saturated rings. The first-order chi connectivity index (χ1) is 7.52. The minimum absolute atomic E-state index is 0.0918. The molecule has 0 atom stereocenters. The van der Waals surface area contributed by atoms with Gasteiger partial charge in [0.1, 0.15) is 0 Å². The first-order valence-electron chi connectivity index (χ1n) is 4.30. The Morgan fingerprint density at radius 3 is 2.62 bits per heavy atom. The van der Waals surface area contributed by atoms with Gasteiger partial charge in [-0.3, -0.25) is 4.79 Å². The van der Waals surface area contributed by atoms with Gasteiger partial charge in [0.2, 0.25) is 0 Å². The fraction of sp³-hybridized carbons (Fsp3) is 0.0909. The largest absolute Gasteiger partial charge is 0.478 e. The monoisotopic (exact) mass is 281 g/mol. The normalized spacial score (nSPS) is 8.88. The second-order valence-electron chi connectivity index (χ2n) is 2.86. The quantitative estimate of drug-likeness (QED) is 0.816. The van der Waals surface area contributed by atoms with Gasteiger partial charge in [0.05, 0.1) is 5.56 Å². The summed E-state index contributed by atoms with van der Waals surface area (Å²) in [4.78, 5) is 21.9. The van der Waals surface area contributed by atoms with E-state index in [0.717, 1.165) is 0 Å². The maximum Gasteiger partial charge on any atom is 0.335 e. The minimum Gasteiger partial charge on any atom is -0.478 e. The van der Waals surface area contributed by atoms with E-state index in [2.05, 4.69) is 33.1 Å². The van der Waals surface area contributed by atoms with E-state index in [-0.39, 0.29) is 5.56 Å². The predicted molar refractivity (Wildman–Crippen MR) is 63.2 cm³/mol. The molecule has 1 amide bonds. The number of aromatic carboxylic acids is 1. The molecule has 0 heterocycles. The zero-order valence-corrected chi connectivity index (χ0v) is 9.96. The number of carbonyl (C=O) groups excluding carboxylic acids is 1. The summed E-state index contributed by atoms with van der Waals surface area (Å²) < 4.78 is 0.576. The SMILES string of the molecule is CC#CC(=O)Nc1cc(Br)cc(C(=O)O)c1. The minimum atomic E-state index is -1.06. The summed E-state index contributed by atoms with van der Waals surface area (Å²) in [5.41, 5.74) is 0.480. The molecule has 0 aliphatic carbocycles. The first kappa shape index (κ1) is 12.3. The average Bonchev–Trinajstić information content (AvgIpc) is 2.16. The number of carboxylic acid groups (broad SMARTS) is 1. The fourth-order valence-electron chi connectivity index (χ4n) is 1.06. The van der Waals surface area contributed by atoms with Crippen LogP contribution in [0.4, 0.5) is 5.69 Å². The molecule has 0 aromatic heterocycles. The summed E-state index contributed by atoms with van der Waals surface area (Å²) in [5, 5.41) is 11.3. The number of anilines is 1. The van der Waals surface area contributed by atoms with Crippen LogP contribution in [0.25, 0.3) is 0 Å². The molecule has 4 nitrogen and oxygen atoms in total. The lowest BCUT2D eigenvalue weighted by Crippen LogP contribution is -2.09. The number of carboxylic acids is 1. The Kier molecular flexibility index (Phi) is 4.09. The lowest BCUT2D eigenvalue weighted by molar-refractivity contribution is -0.111. The number of rotatable bonds is 2. The van der Waals surface area contributed by atoms with Crippen LogP contribution in [0.5, 0.6) is 0 Å². The van der Waals surface area contributed by atoms with E-state index in [1.807, 2.05) is 0 Å². The summed E-state index contributed by atoms with van der Waals surface area (Å²) in [6.45, 7) is 1.54. The third-order valence-corrected chi connectivity index (χ3v) is 2.10. The van der Waals surface area contributed by atoms with Gasteiger partial charge < -0.3 is 10.4 Å². The molecule has 0 aliphatic heterocycles. The fourth-order valence-corrected chi connectivity index (χ4v) is 1.55. The van der Waals surface area contributed by atoms with Crippen molar-refractivity contribution in [2.75, 3.05) is 5.32 Å². The van der Waals surface area contributed by atoms with Crippen LogP contribution in [0, 0.1) is 11.8 Å². The standard InChI is InChI=1S/C11H8BrNO3/c1-2-3-10(14)13-9-5-7(11(15)16)4-8(12)6-9/h4-6H,1H3,(H,13,14)(H,15,16). The average molecular weight is 282 g/mol. The Balaban J connectivity index is 3.00. The molecular weight excluding hydrogens is 274 g/mol. The summed E-state index contributed by atoms with van der Waals surface area (Å²) >= 11 is 3.16. The summed E-state index contributed by atoms with van der Waals surface area (Å²) in [5.74, 6) is 3.22. The van der Waals surface area contributed by atoms with E-state index in [4.69, 9.17) is 5.11 Å². The van der Waals surface area contributed by atoms with Crippen LogP contribution >= 0.6 is 15.9 Å². The molecule has 0 bridgehead atoms. The highest BCUT2D eigenvalue weighted by Gasteiger charge is 2.07. The molecule has 82 valence electrons. The molecule has 5 heteroatoms. The van der Waals surface area contributed by atoms with Crippen molar-refractivity contribution in [1.29, 1.82) is 0 Å². The number of amides is 1. The number of carbonyl (C=O) groups is 2. The van der Waals surface area contributed by atoms with Crippen LogP contribution in [-0.4, -0.2) is 17.0 Å². The zero-order chi connectivity index (χ0) is 12.1. The third kappa shape index (κ3) is 3.41. The number of halogens is 1. The van der Waals surface area contributed by atoms with E-state index in [9.17, 15) is 9.59 Å². The first-order valence-corrected chi connectivity index (χ1v) is 5.10. The van der Waals surface area contributed by atoms with Crippen molar-refractivity contribution < 1.29 is 14.7 Å². The molecule has 2 N–H and O–H groups in total. The van der Waals surface area contributed by atoms with Gasteiger partial charge in [-0.15, -0.1) is 0 Å². The molecular formula is C11H8BrNO3. The smallest absolute Gasteiger partial charge is 0.335 e. The second-order valence-corrected chi connectivity index (χ2v) is 3.78. The molecule has 0 saturated carbocycles. The maximum atomic E-state index is 11.2. The van der Waals surface area contributed by atoms with Crippen LogP contribution in [0.1, 0.15) is 17.3 Å². The predicted octanol–water partition coefficient (Wildman–Crippen LogP) is 2.11. The van der Waals surface area contributed by atoms with Gasteiger partial charge in [-0.05, 0) is 31.0 Å². The Bertz CT molecular complexity index is 500. The van der Waals surface area contributed by atoms with Crippen LogP contribution in [0.15, 0.2) is 22.7 Å². The third-order valence-electron chi connectivity index (χ3n) is 1.64. The molecule has 1 aromatic rings. The van der Waals surface area contributed by atoms with Gasteiger partial charge in [0.15, 0.2) is 0 Å². The topological polar surface area (TPSA) is 66.4 Å². The molecule has 0 unspecified atom stereocenters. The maximum absolute atomic E-state index is 11.2.